The number of phosphoric acid groups is 1. The molecule has 0 aromatic rings. The highest BCUT2D eigenvalue weighted by Crippen LogP contribution is 2.43. The molecule has 0 aliphatic carbocycles. The summed E-state index contributed by atoms with van der Waals surface area (Å²) in [6.07, 6.45) is 95.0. The number of phosphoric ester groups is 1. The second-order valence-electron chi connectivity index (χ2n) is 27.4. The van der Waals surface area contributed by atoms with Crippen molar-refractivity contribution >= 4 is 13.7 Å². The topological polar surface area (TPSA) is 105 Å². The molecule has 3 atom stereocenters. The van der Waals surface area contributed by atoms with Gasteiger partial charge in [0.25, 0.3) is 0 Å². The third-order valence-corrected chi connectivity index (χ3v) is 18.5. The van der Waals surface area contributed by atoms with Crippen molar-refractivity contribution in [2.75, 3.05) is 40.9 Å². The molecule has 0 aromatic carbocycles. The number of unbranched alkanes of at least 4 members (excludes halogenated alkanes) is 48. The van der Waals surface area contributed by atoms with E-state index >= 15 is 0 Å². The fourth-order valence-electron chi connectivity index (χ4n) is 11.7. The second-order valence-corrected chi connectivity index (χ2v) is 28.8. The lowest BCUT2D eigenvalue weighted by Crippen LogP contribution is -2.46. The van der Waals surface area contributed by atoms with Crippen LogP contribution in [0.5, 0.6) is 0 Å². The van der Waals surface area contributed by atoms with Crippen molar-refractivity contribution < 1.29 is 32.9 Å². The Morgan fingerprint density at radius 1 is 0.402 bits per heavy atom. The number of hydrogen-bond acceptors (Lipinski definition) is 5. The Balaban J connectivity index is 3.90. The van der Waals surface area contributed by atoms with Gasteiger partial charge in [0.05, 0.1) is 39.9 Å². The van der Waals surface area contributed by atoms with Crippen LogP contribution in [0.2, 0.25) is 0 Å². The van der Waals surface area contributed by atoms with Crippen molar-refractivity contribution in [2.45, 2.75) is 392 Å². The van der Waals surface area contributed by atoms with Gasteiger partial charge in [0.2, 0.25) is 5.91 Å². The van der Waals surface area contributed by atoms with Crippen LogP contribution >= 0.6 is 7.82 Å². The van der Waals surface area contributed by atoms with Crippen molar-refractivity contribution in [3.8, 4) is 0 Å². The predicted molar refractivity (Wildman–Crippen MR) is 383 cm³/mol. The standard InChI is InChI=1S/C78H149N2O6P/c1-6-8-10-12-14-16-18-20-22-24-26-28-30-32-33-34-35-36-37-38-39-40-41-42-43-44-45-46-47-48-50-52-54-56-58-60-62-64-66-68-70-72-78(82)79-76(75-86-87(83,84)85-74-73-80(3,4)5)77(81)71-69-67-65-63-61-59-57-55-53-51-49-31-29-27-25-23-21-19-17-15-13-11-9-7-2/h8,10,14,16,20,22,26,28,32-33,76-77,81H,6-7,9,11-13,15,17-19,21,23-25,27,29-31,34-75H2,1-5H3,(H-,79,82,83,84)/p+1/b10-8-,16-14-,22-20-,28-26-,33-32-. The number of rotatable bonds is 71. The first-order valence-electron chi connectivity index (χ1n) is 38.2. The average Bonchev–Trinajstić information content (AvgIpc) is 3.71. The van der Waals surface area contributed by atoms with Gasteiger partial charge in [-0.1, -0.05) is 376 Å². The number of aliphatic hydroxyl groups is 1. The zero-order valence-electron chi connectivity index (χ0n) is 58.8. The van der Waals surface area contributed by atoms with E-state index in [1.165, 1.54) is 283 Å². The highest BCUT2D eigenvalue weighted by molar-refractivity contribution is 7.47. The van der Waals surface area contributed by atoms with Crippen LogP contribution in [0.3, 0.4) is 0 Å². The molecular formula is C78H150N2O6P+. The summed E-state index contributed by atoms with van der Waals surface area (Å²) in [6.45, 7) is 4.83. The molecule has 0 rings (SSSR count). The van der Waals surface area contributed by atoms with Gasteiger partial charge in [0.1, 0.15) is 13.2 Å². The van der Waals surface area contributed by atoms with Crippen LogP contribution in [0.1, 0.15) is 380 Å². The minimum atomic E-state index is -4.33. The minimum absolute atomic E-state index is 0.0767. The molecule has 0 spiro atoms. The van der Waals surface area contributed by atoms with Crippen molar-refractivity contribution in [3.05, 3.63) is 60.8 Å². The van der Waals surface area contributed by atoms with Gasteiger partial charge < -0.3 is 19.8 Å². The number of hydrogen-bond donors (Lipinski definition) is 3. The van der Waals surface area contributed by atoms with E-state index in [2.05, 4.69) is 79.9 Å². The van der Waals surface area contributed by atoms with Gasteiger partial charge in [-0.05, 0) is 57.8 Å². The van der Waals surface area contributed by atoms with E-state index in [1.54, 1.807) is 0 Å². The van der Waals surface area contributed by atoms with Crippen LogP contribution < -0.4 is 5.32 Å². The van der Waals surface area contributed by atoms with Gasteiger partial charge in [-0.25, -0.2) is 4.57 Å². The molecule has 87 heavy (non-hydrogen) atoms. The predicted octanol–water partition coefficient (Wildman–Crippen LogP) is 24.7. The van der Waals surface area contributed by atoms with Gasteiger partial charge in [-0.2, -0.15) is 0 Å². The largest absolute Gasteiger partial charge is 0.472 e. The summed E-state index contributed by atoms with van der Waals surface area (Å²) < 4.78 is 23.9. The Labute approximate surface area is 542 Å². The van der Waals surface area contributed by atoms with Gasteiger partial charge in [-0.3, -0.25) is 13.8 Å². The minimum Gasteiger partial charge on any atom is -0.391 e. The second kappa shape index (κ2) is 68.6. The number of likely N-dealkylation sites (N-methyl/N-ethyl adjacent to an activating group) is 1. The number of nitrogens with one attached hydrogen (secondary N) is 1. The highest BCUT2D eigenvalue weighted by atomic mass is 31.2. The summed E-state index contributed by atoms with van der Waals surface area (Å²) in [4.78, 5) is 23.5. The summed E-state index contributed by atoms with van der Waals surface area (Å²) in [5.74, 6) is -0.136. The molecule has 0 bridgehead atoms. The van der Waals surface area contributed by atoms with E-state index < -0.39 is 20.0 Å². The van der Waals surface area contributed by atoms with E-state index in [9.17, 15) is 19.4 Å². The van der Waals surface area contributed by atoms with Crippen LogP contribution in [0.15, 0.2) is 60.8 Å². The summed E-state index contributed by atoms with van der Waals surface area (Å²) in [6, 6.07) is -0.761. The first-order valence-corrected chi connectivity index (χ1v) is 39.6. The summed E-state index contributed by atoms with van der Waals surface area (Å²) >= 11 is 0. The lowest BCUT2D eigenvalue weighted by atomic mass is 10.0. The molecule has 3 N–H and O–H groups in total. The third kappa shape index (κ3) is 71.5. The Bertz CT molecular complexity index is 1600. The van der Waals surface area contributed by atoms with Gasteiger partial charge in [0, 0.05) is 6.42 Å². The molecule has 0 aliphatic heterocycles. The maximum absolute atomic E-state index is 13.1. The number of carbonyl (C=O) groups is 1. The smallest absolute Gasteiger partial charge is 0.391 e. The molecule has 512 valence electrons. The van der Waals surface area contributed by atoms with Gasteiger partial charge >= 0.3 is 7.82 Å². The molecular weight excluding hydrogens is 1090 g/mol. The zero-order valence-corrected chi connectivity index (χ0v) is 59.7. The zero-order chi connectivity index (χ0) is 63.4. The summed E-state index contributed by atoms with van der Waals surface area (Å²) in [7, 11) is 1.63. The van der Waals surface area contributed by atoms with Crippen LogP contribution in [0, 0.1) is 0 Å². The lowest BCUT2D eigenvalue weighted by molar-refractivity contribution is -0.870. The fourth-order valence-corrected chi connectivity index (χ4v) is 12.4. The van der Waals surface area contributed by atoms with E-state index in [-0.39, 0.29) is 19.1 Å². The molecule has 3 unspecified atom stereocenters. The molecule has 0 aromatic heterocycles. The normalized spacial score (nSPS) is 13.9. The quantitative estimate of drug-likeness (QED) is 0.0243. The van der Waals surface area contributed by atoms with Crippen LogP contribution in [-0.4, -0.2) is 73.4 Å². The Hall–Kier alpha value is -1.80. The molecule has 0 radical (unpaired) electrons. The monoisotopic (exact) mass is 1240 g/mol. The maximum atomic E-state index is 13.1. The fraction of sp³-hybridized carbons (Fsp3) is 0.859. The van der Waals surface area contributed by atoms with Gasteiger partial charge in [-0.15, -0.1) is 0 Å². The van der Waals surface area contributed by atoms with Crippen molar-refractivity contribution in [2.24, 2.45) is 0 Å². The lowest BCUT2D eigenvalue weighted by Gasteiger charge is -2.26. The van der Waals surface area contributed by atoms with E-state index in [0.717, 1.165) is 70.6 Å². The molecule has 9 heteroatoms. The number of amides is 1. The van der Waals surface area contributed by atoms with Gasteiger partial charge in [0.15, 0.2) is 0 Å². The van der Waals surface area contributed by atoms with Crippen molar-refractivity contribution in [1.29, 1.82) is 0 Å². The highest BCUT2D eigenvalue weighted by Gasteiger charge is 2.28. The number of aliphatic hydroxyl groups excluding tert-OH is 1. The molecule has 0 aliphatic rings. The summed E-state index contributed by atoms with van der Waals surface area (Å²) in [5, 5.41) is 14.2. The Morgan fingerprint density at radius 2 is 0.690 bits per heavy atom. The molecule has 8 nitrogen and oxygen atoms in total. The maximum Gasteiger partial charge on any atom is 0.472 e. The first-order chi connectivity index (χ1) is 42.5. The molecule has 1 amide bonds. The molecule has 0 saturated carbocycles. The van der Waals surface area contributed by atoms with E-state index in [4.69, 9.17) is 9.05 Å². The first kappa shape index (κ1) is 85.2. The van der Waals surface area contributed by atoms with Crippen LogP contribution in [0.25, 0.3) is 0 Å². The number of nitrogens with zero attached hydrogens (tertiary/aromatic N) is 1. The average molecular weight is 1240 g/mol. The SMILES string of the molecule is CC/C=C\C/C=C\C/C=C\C/C=C\C/C=C\CCCCCCCCCCCCCCCCCCCCCCCCCCCC(=O)NC(COP(=O)(O)OCC[N+](C)(C)C)C(O)CCCCCCCCCCCCCCCCCCCCCCCCCC. The number of allylic oxidation sites excluding steroid dienone is 10. The van der Waals surface area contributed by atoms with Crippen LogP contribution in [-0.2, 0) is 18.4 Å². The van der Waals surface area contributed by atoms with E-state index in [1.807, 2.05) is 21.1 Å². The number of carbonyl (C=O) groups excluding carboxylic acids is 1. The van der Waals surface area contributed by atoms with Crippen molar-refractivity contribution in [1.82, 2.24) is 5.32 Å². The molecule has 0 saturated heterocycles. The van der Waals surface area contributed by atoms with E-state index in [0.29, 0.717) is 23.9 Å². The molecule has 0 fully saturated rings. The number of quaternary nitrogens is 1. The van der Waals surface area contributed by atoms with Crippen molar-refractivity contribution in [3.63, 3.8) is 0 Å². The Kier molecular flexibility index (Phi) is 67.1. The Morgan fingerprint density at radius 3 is 1.01 bits per heavy atom. The van der Waals surface area contributed by atoms with Crippen LogP contribution in [0.4, 0.5) is 0 Å². The third-order valence-electron chi connectivity index (χ3n) is 17.5. The molecule has 0 heterocycles. The summed E-state index contributed by atoms with van der Waals surface area (Å²) in [5.41, 5.74) is 0.